The zero-order chi connectivity index (χ0) is 13.9. The van der Waals surface area contributed by atoms with Crippen LogP contribution in [-0.4, -0.2) is 17.0 Å². The Morgan fingerprint density at radius 3 is 2.68 bits per heavy atom. The second-order valence-corrected chi connectivity index (χ2v) is 5.17. The molecule has 0 atom stereocenters. The maximum absolute atomic E-state index is 13.4. The third-order valence-corrected chi connectivity index (χ3v) is 3.65. The Hall–Kier alpha value is -1.69. The summed E-state index contributed by atoms with van der Waals surface area (Å²) < 4.78 is 13.4. The van der Waals surface area contributed by atoms with Crippen molar-refractivity contribution in [3.05, 3.63) is 34.1 Å². The maximum Gasteiger partial charge on any atom is 0.327 e. The summed E-state index contributed by atoms with van der Waals surface area (Å²) >= 11 is 0. The molecular formula is C13H18FN3O2. The molecule has 1 aliphatic rings. The van der Waals surface area contributed by atoms with Crippen molar-refractivity contribution in [3.8, 4) is 0 Å². The van der Waals surface area contributed by atoms with Crippen LogP contribution in [0.4, 0.5) is 15.8 Å². The molecule has 1 fully saturated rings. The highest BCUT2D eigenvalue weighted by molar-refractivity contribution is 5.62. The molecule has 104 valence electrons. The van der Waals surface area contributed by atoms with Crippen molar-refractivity contribution >= 4 is 11.4 Å². The van der Waals surface area contributed by atoms with Crippen LogP contribution < -0.4 is 11.1 Å². The van der Waals surface area contributed by atoms with Gasteiger partial charge in [-0.2, -0.15) is 4.39 Å². The van der Waals surface area contributed by atoms with E-state index in [4.69, 9.17) is 5.73 Å². The van der Waals surface area contributed by atoms with E-state index in [1.54, 1.807) is 0 Å². The number of para-hydroxylation sites is 1. The van der Waals surface area contributed by atoms with Crippen LogP contribution in [0.15, 0.2) is 18.2 Å². The van der Waals surface area contributed by atoms with Crippen LogP contribution in [0, 0.1) is 15.9 Å². The SMILES string of the molecule is NC1(CNc2cccc(F)c2[N+](=O)[O-])CCCCC1. The molecule has 3 N–H and O–H groups in total. The highest BCUT2D eigenvalue weighted by Crippen LogP contribution is 2.30. The van der Waals surface area contributed by atoms with E-state index in [2.05, 4.69) is 5.32 Å². The summed E-state index contributed by atoms with van der Waals surface area (Å²) in [6, 6.07) is 4.05. The molecule has 0 saturated heterocycles. The van der Waals surface area contributed by atoms with Crippen LogP contribution in [0.2, 0.25) is 0 Å². The number of hydrogen-bond donors (Lipinski definition) is 2. The first-order valence-corrected chi connectivity index (χ1v) is 6.47. The van der Waals surface area contributed by atoms with Gasteiger partial charge in [-0.1, -0.05) is 25.3 Å². The maximum atomic E-state index is 13.4. The molecule has 1 aromatic rings. The monoisotopic (exact) mass is 267 g/mol. The topological polar surface area (TPSA) is 81.2 Å². The van der Waals surface area contributed by atoms with E-state index >= 15 is 0 Å². The van der Waals surface area contributed by atoms with Crippen molar-refractivity contribution in [3.63, 3.8) is 0 Å². The highest BCUT2D eigenvalue weighted by Gasteiger charge is 2.28. The predicted octanol–water partition coefficient (Wildman–Crippen LogP) is 2.81. The summed E-state index contributed by atoms with van der Waals surface area (Å²) in [5, 5.41) is 13.8. The van der Waals surface area contributed by atoms with Crippen molar-refractivity contribution < 1.29 is 9.31 Å². The molecule has 1 aromatic carbocycles. The van der Waals surface area contributed by atoms with Gasteiger partial charge in [-0.25, -0.2) is 0 Å². The molecule has 0 spiro atoms. The van der Waals surface area contributed by atoms with Crippen LogP contribution in [0.5, 0.6) is 0 Å². The minimum Gasteiger partial charge on any atom is -0.378 e. The number of anilines is 1. The molecule has 0 bridgehead atoms. The van der Waals surface area contributed by atoms with Crippen LogP contribution in [0.3, 0.4) is 0 Å². The summed E-state index contributed by atoms with van der Waals surface area (Å²) in [7, 11) is 0. The molecule has 0 amide bonds. The zero-order valence-corrected chi connectivity index (χ0v) is 10.7. The molecule has 5 nitrogen and oxygen atoms in total. The Morgan fingerprint density at radius 2 is 2.05 bits per heavy atom. The number of benzene rings is 1. The Kier molecular flexibility index (Phi) is 3.99. The van der Waals surface area contributed by atoms with Gasteiger partial charge in [0.25, 0.3) is 0 Å². The van der Waals surface area contributed by atoms with E-state index in [1.165, 1.54) is 18.6 Å². The molecule has 1 aliphatic carbocycles. The fourth-order valence-electron chi connectivity index (χ4n) is 2.55. The first-order chi connectivity index (χ1) is 9.02. The first kappa shape index (κ1) is 13.7. The lowest BCUT2D eigenvalue weighted by Crippen LogP contribution is -2.47. The van der Waals surface area contributed by atoms with Crippen molar-refractivity contribution in [2.24, 2.45) is 5.73 Å². The Morgan fingerprint density at radius 1 is 1.37 bits per heavy atom. The molecule has 2 rings (SSSR count). The number of halogens is 1. The van der Waals surface area contributed by atoms with Gasteiger partial charge in [-0.3, -0.25) is 10.1 Å². The lowest BCUT2D eigenvalue weighted by atomic mass is 9.82. The van der Waals surface area contributed by atoms with E-state index in [1.807, 2.05) is 0 Å². The number of nitrogens with one attached hydrogen (secondary N) is 1. The van der Waals surface area contributed by atoms with E-state index in [0.717, 1.165) is 31.7 Å². The zero-order valence-electron chi connectivity index (χ0n) is 10.7. The number of nitro groups is 1. The Bertz CT molecular complexity index is 473. The largest absolute Gasteiger partial charge is 0.378 e. The van der Waals surface area contributed by atoms with E-state index in [0.29, 0.717) is 6.54 Å². The lowest BCUT2D eigenvalue weighted by molar-refractivity contribution is -0.386. The van der Waals surface area contributed by atoms with Gasteiger partial charge in [0, 0.05) is 12.1 Å². The standard InChI is InChI=1S/C13H18FN3O2/c14-10-5-4-6-11(12(10)17(18)19)16-9-13(15)7-2-1-3-8-13/h4-6,16H,1-3,7-9,15H2. The highest BCUT2D eigenvalue weighted by atomic mass is 19.1. The quantitative estimate of drug-likeness (QED) is 0.649. The molecule has 0 aromatic heterocycles. The average molecular weight is 267 g/mol. The van der Waals surface area contributed by atoms with Gasteiger partial charge in [-0.15, -0.1) is 0 Å². The second-order valence-electron chi connectivity index (χ2n) is 5.17. The van der Waals surface area contributed by atoms with Crippen molar-refractivity contribution in [1.29, 1.82) is 0 Å². The summed E-state index contributed by atoms with van der Waals surface area (Å²) in [5.74, 6) is -0.829. The number of hydrogen-bond acceptors (Lipinski definition) is 4. The van der Waals surface area contributed by atoms with Crippen LogP contribution in [0.1, 0.15) is 32.1 Å². The van der Waals surface area contributed by atoms with Gasteiger partial charge in [0.15, 0.2) is 0 Å². The van der Waals surface area contributed by atoms with Crippen molar-refractivity contribution in [2.45, 2.75) is 37.6 Å². The summed E-state index contributed by atoms with van der Waals surface area (Å²) in [4.78, 5) is 10.2. The minimum absolute atomic E-state index is 0.195. The smallest absolute Gasteiger partial charge is 0.327 e. The van der Waals surface area contributed by atoms with Gasteiger partial charge in [0.05, 0.1) is 4.92 Å². The van der Waals surface area contributed by atoms with Gasteiger partial charge < -0.3 is 11.1 Å². The first-order valence-electron chi connectivity index (χ1n) is 6.47. The Labute approximate surface area is 111 Å². The summed E-state index contributed by atoms with van der Waals surface area (Å²) in [6.07, 6.45) is 5.11. The third-order valence-electron chi connectivity index (χ3n) is 3.65. The number of nitro benzene ring substituents is 1. The lowest BCUT2D eigenvalue weighted by Gasteiger charge is -2.33. The average Bonchev–Trinajstić information content (AvgIpc) is 2.37. The van der Waals surface area contributed by atoms with Crippen LogP contribution in [-0.2, 0) is 0 Å². The minimum atomic E-state index is -0.829. The fraction of sp³-hybridized carbons (Fsp3) is 0.538. The van der Waals surface area contributed by atoms with Crippen LogP contribution in [0.25, 0.3) is 0 Å². The van der Waals surface area contributed by atoms with Gasteiger partial charge in [0.2, 0.25) is 5.82 Å². The number of nitrogens with two attached hydrogens (primary N) is 1. The fourth-order valence-corrected chi connectivity index (χ4v) is 2.55. The van der Waals surface area contributed by atoms with E-state index < -0.39 is 16.4 Å². The molecule has 0 unspecified atom stereocenters. The summed E-state index contributed by atoms with van der Waals surface area (Å²) in [5.41, 5.74) is 5.58. The summed E-state index contributed by atoms with van der Waals surface area (Å²) in [6.45, 7) is 0.428. The van der Waals surface area contributed by atoms with E-state index in [9.17, 15) is 14.5 Å². The van der Waals surface area contributed by atoms with Gasteiger partial charge in [-0.05, 0) is 25.0 Å². The van der Waals surface area contributed by atoms with E-state index in [-0.39, 0.29) is 11.2 Å². The molecule has 1 saturated carbocycles. The molecule has 19 heavy (non-hydrogen) atoms. The Balaban J connectivity index is 2.11. The molecule has 0 aliphatic heterocycles. The molecule has 6 heteroatoms. The van der Waals surface area contributed by atoms with Crippen molar-refractivity contribution in [2.75, 3.05) is 11.9 Å². The number of nitrogens with zero attached hydrogens (tertiary/aromatic N) is 1. The predicted molar refractivity (Wildman–Crippen MR) is 71.5 cm³/mol. The van der Waals surface area contributed by atoms with Crippen molar-refractivity contribution in [1.82, 2.24) is 0 Å². The molecular weight excluding hydrogens is 249 g/mol. The molecule has 0 heterocycles. The third kappa shape index (κ3) is 3.20. The van der Waals surface area contributed by atoms with Gasteiger partial charge >= 0.3 is 5.69 Å². The van der Waals surface area contributed by atoms with Crippen LogP contribution >= 0.6 is 0 Å². The number of rotatable bonds is 4. The van der Waals surface area contributed by atoms with Gasteiger partial charge in [0.1, 0.15) is 5.69 Å². The molecule has 0 radical (unpaired) electrons. The second kappa shape index (κ2) is 5.52. The normalized spacial score (nSPS) is 18.0.